The van der Waals surface area contributed by atoms with Gasteiger partial charge < -0.3 is 5.32 Å². The van der Waals surface area contributed by atoms with Gasteiger partial charge in [-0.1, -0.05) is 6.92 Å². The fourth-order valence-corrected chi connectivity index (χ4v) is 2.71. The van der Waals surface area contributed by atoms with Crippen LogP contribution in [0.4, 0.5) is 5.82 Å². The molecule has 0 fully saturated rings. The maximum Gasteiger partial charge on any atom is 0.224 e. The Morgan fingerprint density at radius 2 is 2.18 bits per heavy atom. The predicted molar refractivity (Wildman–Crippen MR) is 75.8 cm³/mol. The minimum Gasteiger partial charge on any atom is -0.364 e. The number of halogens is 2. The average molecular weight is 333 g/mol. The van der Waals surface area contributed by atoms with Crippen LogP contribution in [0.25, 0.3) is 0 Å². The molecule has 1 N–H and O–H groups in total. The van der Waals surface area contributed by atoms with E-state index in [1.54, 1.807) is 6.20 Å². The van der Waals surface area contributed by atoms with Crippen molar-refractivity contribution < 1.29 is 0 Å². The molecule has 2 heterocycles. The molecule has 0 saturated heterocycles. The number of thiophene rings is 1. The van der Waals surface area contributed by atoms with Crippen LogP contribution >= 0.6 is 38.9 Å². The summed E-state index contributed by atoms with van der Waals surface area (Å²) in [6.07, 6.45) is 2.72. The zero-order chi connectivity index (χ0) is 12.3. The Balaban J connectivity index is 2.04. The summed E-state index contributed by atoms with van der Waals surface area (Å²) in [5.74, 6) is 0.719. The van der Waals surface area contributed by atoms with E-state index in [2.05, 4.69) is 50.3 Å². The normalized spacial score (nSPS) is 10.5. The van der Waals surface area contributed by atoms with Crippen LogP contribution in [0.1, 0.15) is 16.7 Å². The molecule has 17 heavy (non-hydrogen) atoms. The van der Waals surface area contributed by atoms with E-state index in [0.717, 1.165) is 23.3 Å². The van der Waals surface area contributed by atoms with Gasteiger partial charge in [0.15, 0.2) is 0 Å². The van der Waals surface area contributed by atoms with Crippen LogP contribution < -0.4 is 5.32 Å². The second-order valence-corrected chi connectivity index (χ2v) is 5.86. The lowest BCUT2D eigenvalue weighted by Crippen LogP contribution is -2.01. The fraction of sp³-hybridized carbons (Fsp3) is 0.273. The van der Waals surface area contributed by atoms with E-state index >= 15 is 0 Å². The molecular weight excluding hydrogens is 322 g/mol. The second-order valence-electron chi connectivity index (χ2n) is 3.41. The van der Waals surface area contributed by atoms with Crippen molar-refractivity contribution in [3.8, 4) is 0 Å². The number of hydrogen-bond donors (Lipinski definition) is 1. The van der Waals surface area contributed by atoms with E-state index in [4.69, 9.17) is 11.6 Å². The summed E-state index contributed by atoms with van der Waals surface area (Å²) in [5.41, 5.74) is 0. The molecule has 0 radical (unpaired) electrons. The Hall–Kier alpha value is -0.650. The largest absolute Gasteiger partial charge is 0.364 e. The van der Waals surface area contributed by atoms with E-state index in [0.29, 0.717) is 0 Å². The topological polar surface area (TPSA) is 37.8 Å². The van der Waals surface area contributed by atoms with Gasteiger partial charge in [0.2, 0.25) is 5.28 Å². The molecule has 0 bridgehead atoms. The van der Waals surface area contributed by atoms with Crippen molar-refractivity contribution >= 4 is 44.7 Å². The molecule has 2 aromatic heterocycles. The maximum absolute atomic E-state index is 5.74. The summed E-state index contributed by atoms with van der Waals surface area (Å²) in [5, 5.41) is 3.48. The molecule has 0 aliphatic rings. The van der Waals surface area contributed by atoms with E-state index in [1.807, 2.05) is 11.3 Å². The Morgan fingerprint density at radius 1 is 1.41 bits per heavy atom. The van der Waals surface area contributed by atoms with Crippen molar-refractivity contribution in [2.75, 3.05) is 5.32 Å². The first-order chi connectivity index (χ1) is 8.19. The number of anilines is 1. The van der Waals surface area contributed by atoms with Crippen LogP contribution in [0.15, 0.2) is 22.8 Å². The highest BCUT2D eigenvalue weighted by Crippen LogP contribution is 2.22. The van der Waals surface area contributed by atoms with Crippen LogP contribution in [0.2, 0.25) is 5.28 Å². The maximum atomic E-state index is 5.74. The Labute approximate surface area is 117 Å². The van der Waals surface area contributed by atoms with Gasteiger partial charge in [0, 0.05) is 16.0 Å². The van der Waals surface area contributed by atoms with Crippen molar-refractivity contribution in [3.05, 3.63) is 37.8 Å². The molecule has 0 saturated carbocycles. The first-order valence-corrected chi connectivity index (χ1v) is 7.17. The summed E-state index contributed by atoms with van der Waals surface area (Å²) in [6.45, 7) is 2.90. The van der Waals surface area contributed by atoms with E-state index in [1.165, 1.54) is 9.75 Å². The van der Waals surface area contributed by atoms with Gasteiger partial charge >= 0.3 is 0 Å². The smallest absolute Gasteiger partial charge is 0.224 e. The molecule has 0 atom stereocenters. The minimum absolute atomic E-state index is 0.246. The number of hydrogen-bond acceptors (Lipinski definition) is 4. The van der Waals surface area contributed by atoms with Crippen LogP contribution in [0.3, 0.4) is 0 Å². The fourth-order valence-electron chi connectivity index (χ4n) is 1.35. The molecular formula is C11H11BrClN3S. The molecule has 90 valence electrons. The zero-order valence-corrected chi connectivity index (χ0v) is 12.4. The van der Waals surface area contributed by atoms with E-state index < -0.39 is 0 Å². The summed E-state index contributed by atoms with van der Waals surface area (Å²) in [6, 6.07) is 4.29. The Bertz CT molecular complexity index is 515. The number of rotatable bonds is 4. The quantitative estimate of drug-likeness (QED) is 0.856. The number of nitrogens with zero attached hydrogens (tertiary/aromatic N) is 2. The highest BCUT2D eigenvalue weighted by molar-refractivity contribution is 9.10. The summed E-state index contributed by atoms with van der Waals surface area (Å²) < 4.78 is 0.814. The SMILES string of the molecule is CCc1ccc(CNc2nc(Cl)ncc2Br)s1. The molecule has 0 unspecified atom stereocenters. The molecule has 0 aromatic carbocycles. The Kier molecular flexibility index (Phi) is 4.36. The van der Waals surface area contributed by atoms with Crippen LogP contribution in [0.5, 0.6) is 0 Å². The average Bonchev–Trinajstić information content (AvgIpc) is 2.78. The lowest BCUT2D eigenvalue weighted by Gasteiger charge is -2.05. The van der Waals surface area contributed by atoms with Gasteiger partial charge in [-0.05, 0) is 46.1 Å². The second kappa shape index (κ2) is 5.80. The summed E-state index contributed by atoms with van der Waals surface area (Å²) >= 11 is 10.9. The van der Waals surface area contributed by atoms with Gasteiger partial charge in [0.1, 0.15) is 5.82 Å². The standard InChI is InChI=1S/C11H11BrClN3S/c1-2-7-3-4-8(17-7)5-14-10-9(12)6-15-11(13)16-10/h3-4,6H,2,5H2,1H3,(H,14,15,16). The third-order valence-electron chi connectivity index (χ3n) is 2.21. The van der Waals surface area contributed by atoms with Gasteiger partial charge in [0.25, 0.3) is 0 Å². The zero-order valence-electron chi connectivity index (χ0n) is 9.20. The molecule has 0 aliphatic carbocycles. The van der Waals surface area contributed by atoms with Crippen molar-refractivity contribution in [3.63, 3.8) is 0 Å². The highest BCUT2D eigenvalue weighted by atomic mass is 79.9. The third kappa shape index (κ3) is 3.40. The van der Waals surface area contributed by atoms with Crippen molar-refractivity contribution in [1.82, 2.24) is 9.97 Å². The Morgan fingerprint density at radius 3 is 2.88 bits per heavy atom. The molecule has 0 aliphatic heterocycles. The first kappa shape index (κ1) is 12.8. The number of nitrogens with one attached hydrogen (secondary N) is 1. The lowest BCUT2D eigenvalue weighted by molar-refractivity contribution is 1.09. The van der Waals surface area contributed by atoms with Crippen LogP contribution in [-0.4, -0.2) is 9.97 Å². The first-order valence-electron chi connectivity index (χ1n) is 5.18. The van der Waals surface area contributed by atoms with Gasteiger partial charge in [0.05, 0.1) is 11.0 Å². The molecule has 3 nitrogen and oxygen atoms in total. The van der Waals surface area contributed by atoms with Gasteiger partial charge in [-0.15, -0.1) is 11.3 Å². The molecule has 2 rings (SSSR count). The highest BCUT2D eigenvalue weighted by Gasteiger charge is 2.04. The molecule has 0 spiro atoms. The van der Waals surface area contributed by atoms with E-state index in [-0.39, 0.29) is 5.28 Å². The summed E-state index contributed by atoms with van der Waals surface area (Å²) in [4.78, 5) is 10.7. The number of aromatic nitrogens is 2. The monoisotopic (exact) mass is 331 g/mol. The predicted octanol–water partition coefficient (Wildman–Crippen LogP) is 4.13. The third-order valence-corrected chi connectivity index (χ3v) is 4.20. The van der Waals surface area contributed by atoms with Crippen LogP contribution in [0, 0.1) is 0 Å². The molecule has 2 aromatic rings. The van der Waals surface area contributed by atoms with Crippen molar-refractivity contribution in [1.29, 1.82) is 0 Å². The molecule has 0 amide bonds. The van der Waals surface area contributed by atoms with Gasteiger partial charge in [-0.25, -0.2) is 4.98 Å². The number of aryl methyl sites for hydroxylation is 1. The van der Waals surface area contributed by atoms with Crippen LogP contribution in [-0.2, 0) is 13.0 Å². The van der Waals surface area contributed by atoms with Gasteiger partial charge in [-0.3, -0.25) is 0 Å². The summed E-state index contributed by atoms with van der Waals surface area (Å²) in [7, 11) is 0. The van der Waals surface area contributed by atoms with Gasteiger partial charge in [-0.2, -0.15) is 4.98 Å². The lowest BCUT2D eigenvalue weighted by atomic mass is 10.3. The van der Waals surface area contributed by atoms with Crippen molar-refractivity contribution in [2.24, 2.45) is 0 Å². The van der Waals surface area contributed by atoms with E-state index in [9.17, 15) is 0 Å². The van der Waals surface area contributed by atoms with Crippen molar-refractivity contribution in [2.45, 2.75) is 19.9 Å². The minimum atomic E-state index is 0.246. The molecule has 6 heteroatoms.